The number of likely N-dealkylation sites (N-methyl/N-ethyl adjacent to an activating group) is 2. The molecule has 0 saturated carbocycles. The smallest absolute Gasteiger partial charge is 0.326 e. The zero-order chi connectivity index (χ0) is 47.1. The predicted molar refractivity (Wildman–Crippen MR) is 228 cm³/mol. The van der Waals surface area contributed by atoms with Crippen molar-refractivity contribution in [1.82, 2.24) is 31.1 Å². The van der Waals surface area contributed by atoms with Crippen molar-refractivity contribution in [3.8, 4) is 22.6 Å². The van der Waals surface area contributed by atoms with Crippen LogP contribution in [-0.2, 0) is 40.0 Å². The number of nitrogens with zero attached hydrogens (tertiary/aromatic N) is 2. The summed E-state index contributed by atoms with van der Waals surface area (Å²) in [5.41, 5.74) is -1.01. The third-order valence-corrected chi connectivity index (χ3v) is 11.4. The lowest BCUT2D eigenvalue weighted by atomic mass is 9.93. The Balaban J connectivity index is 1.75. The number of carboxylic acids is 1. The number of carbonyl (C=O) groups excluding carboxylic acids is 6. The number of nitrogens with one attached hydrogen (secondary N) is 5. The largest absolute Gasteiger partial charge is 0.595 e. The molecule has 20 nitrogen and oxygen atoms in total. The highest BCUT2D eigenvalue weighted by Crippen LogP contribution is 2.41. The number of carbonyl (C=O) groups is 7. The van der Waals surface area contributed by atoms with E-state index in [1.807, 2.05) is 0 Å². The Labute approximate surface area is 366 Å². The Kier molecular flexibility index (Phi) is 19.7. The number of hydrogen-bond acceptors (Lipinski definition) is 12. The third-order valence-electron chi connectivity index (χ3n) is 11.4. The molecule has 0 aromatic heterocycles. The normalized spacial score (nSPS) is 18.3. The number of aliphatic hydroxyl groups excluding tert-OH is 1. The van der Waals surface area contributed by atoms with Crippen LogP contribution >= 0.6 is 0 Å². The number of hydrogen-bond donors (Lipinski definition) is 10. The van der Waals surface area contributed by atoms with E-state index in [0.29, 0.717) is 6.42 Å². The van der Waals surface area contributed by atoms with Gasteiger partial charge in [0.15, 0.2) is 5.75 Å². The number of aliphatic carboxylic acids is 1. The van der Waals surface area contributed by atoms with Crippen LogP contribution in [-0.4, -0.2) is 128 Å². The van der Waals surface area contributed by atoms with Crippen LogP contribution < -0.4 is 26.5 Å². The monoisotopic (exact) mass is 885 g/mol. The van der Waals surface area contributed by atoms with E-state index in [0.717, 1.165) is 53.5 Å². The zero-order valence-electron chi connectivity index (χ0n) is 36.7. The molecule has 1 aliphatic heterocycles. The number of phenols is 2. The number of quaternary nitrogens is 1. The molecule has 0 saturated heterocycles. The first-order valence-electron chi connectivity index (χ1n) is 21.2. The van der Waals surface area contributed by atoms with Gasteiger partial charge in [0.05, 0.1) is 13.2 Å². The number of fused-ring (bicyclic) bond motifs is 5. The second-order valence-corrected chi connectivity index (χ2v) is 16.2. The number of phenolic OH excluding ortho intramolecular Hbond substituents is 2. The van der Waals surface area contributed by atoms with Crippen LogP contribution in [0.25, 0.3) is 11.1 Å². The fraction of sp³-hybridized carbons (Fsp3) is 0.558. The molecule has 3 rings (SSSR count). The minimum Gasteiger partial charge on any atom is -0.595 e. The van der Waals surface area contributed by atoms with Crippen LogP contribution in [0.15, 0.2) is 30.3 Å². The Morgan fingerprint density at radius 1 is 0.905 bits per heavy atom. The predicted octanol–water partition coefficient (Wildman–Crippen LogP) is 0.905. The molecule has 0 spiro atoms. The maximum atomic E-state index is 13.9. The van der Waals surface area contributed by atoms with E-state index in [4.69, 9.17) is 0 Å². The summed E-state index contributed by atoms with van der Waals surface area (Å²) >= 11 is 0. The maximum Gasteiger partial charge on any atom is 0.326 e. The lowest BCUT2D eigenvalue weighted by molar-refractivity contribution is -0.991. The molecule has 7 atom stereocenters. The molecule has 2 aromatic rings. The standard InChI is InChI=1S/C43H63N7O13/c1-7-24(2)14-12-10-8-9-11-13-15-35(53)48(5)33(23-51)41(58)45-25(3)39(56)44-22-36(54)49(6)37-28-16-17-34(52)29(21-28)30-18-27(20-32(38(30)55)50(62)63)19-31(43(60)61)47-40(57)26(4)46-42(37)59/h16-18,20-21,24-26,31,33,37,50-52,55,62H,7-15,19,22-23H2,1-6H3,(H,44,56)(H,45,58)(H,46,59)(H,47,57)(H,60,61). The van der Waals surface area contributed by atoms with Gasteiger partial charge in [-0.05, 0) is 55.5 Å². The lowest BCUT2D eigenvalue weighted by Crippen LogP contribution is -2.99. The van der Waals surface area contributed by atoms with Gasteiger partial charge in [0, 0.05) is 44.1 Å². The molecule has 0 aliphatic carbocycles. The van der Waals surface area contributed by atoms with Gasteiger partial charge >= 0.3 is 5.97 Å². The molecule has 2 aromatic carbocycles. The third kappa shape index (κ3) is 14.4. The molecular weight excluding hydrogens is 823 g/mol. The van der Waals surface area contributed by atoms with Gasteiger partial charge in [0.1, 0.15) is 36.0 Å². The van der Waals surface area contributed by atoms with Gasteiger partial charge in [-0.1, -0.05) is 64.9 Å². The quantitative estimate of drug-likeness (QED) is 0.0503. The Hall–Kier alpha value is -5.83. The van der Waals surface area contributed by atoms with Crippen molar-refractivity contribution in [1.29, 1.82) is 0 Å². The number of carboxylic acid groups (broad SMARTS) is 1. The first-order valence-corrected chi connectivity index (χ1v) is 21.2. The molecule has 7 unspecified atom stereocenters. The second kappa shape index (κ2) is 24.1. The average Bonchev–Trinajstić information content (AvgIpc) is 3.23. The summed E-state index contributed by atoms with van der Waals surface area (Å²) in [6.45, 7) is 5.59. The van der Waals surface area contributed by atoms with Crippen LogP contribution in [0, 0.1) is 11.1 Å². The topological polar surface area (TPSA) is 303 Å². The van der Waals surface area contributed by atoms with Crippen molar-refractivity contribution >= 4 is 47.1 Å². The van der Waals surface area contributed by atoms with Gasteiger partial charge in [-0.2, -0.15) is 5.23 Å². The molecule has 1 heterocycles. The van der Waals surface area contributed by atoms with E-state index in [1.165, 1.54) is 65.4 Å². The summed E-state index contributed by atoms with van der Waals surface area (Å²) in [6, 6.07) is -1.24. The number of rotatable bonds is 20. The minimum atomic E-state index is -1.62. The van der Waals surface area contributed by atoms with Gasteiger partial charge in [0.2, 0.25) is 41.1 Å². The number of aliphatic hydroxyl groups is 1. The summed E-state index contributed by atoms with van der Waals surface area (Å²) in [7, 11) is 2.60. The van der Waals surface area contributed by atoms with Gasteiger partial charge in [-0.15, -0.1) is 0 Å². The molecule has 10 N–H and O–H groups in total. The zero-order valence-corrected chi connectivity index (χ0v) is 36.7. The Bertz CT molecular complexity index is 1960. The van der Waals surface area contributed by atoms with Crippen LogP contribution in [0.1, 0.15) is 103 Å². The SMILES string of the molecule is CCC(C)CCCCCCCCC(=O)N(C)C(CO)C(=O)NC(C)C(=O)NCC(=O)N(C)C1C(=O)NC(C)C(=O)NC(C(=O)O)Cc2cc(c(O)c([NH+]([O-])O)c2)-c2cc1ccc2O. The van der Waals surface area contributed by atoms with Crippen LogP contribution in [0.5, 0.6) is 11.5 Å². The summed E-state index contributed by atoms with van der Waals surface area (Å²) in [4.78, 5) is 94.0. The van der Waals surface area contributed by atoms with Crippen LogP contribution in [0.3, 0.4) is 0 Å². The van der Waals surface area contributed by atoms with E-state index in [9.17, 15) is 64.4 Å². The molecule has 0 fully saturated rings. The highest BCUT2D eigenvalue weighted by atomic mass is 16.8. The lowest BCUT2D eigenvalue weighted by Gasteiger charge is -2.30. The van der Waals surface area contributed by atoms with Gasteiger partial charge in [-0.3, -0.25) is 28.8 Å². The van der Waals surface area contributed by atoms with Crippen molar-refractivity contribution in [2.75, 3.05) is 27.2 Å². The van der Waals surface area contributed by atoms with Crippen molar-refractivity contribution in [2.24, 2.45) is 5.92 Å². The molecule has 1 aliphatic rings. The van der Waals surface area contributed by atoms with Crippen molar-refractivity contribution < 1.29 is 64.4 Å². The number of unbranched alkanes of at least 4 members (excludes halogenated alkanes) is 5. The average molecular weight is 886 g/mol. The summed E-state index contributed by atoms with van der Waals surface area (Å²) in [6.07, 6.45) is 7.98. The molecule has 6 amide bonds. The van der Waals surface area contributed by atoms with Crippen molar-refractivity contribution in [2.45, 2.75) is 122 Å². The van der Waals surface area contributed by atoms with Gasteiger partial charge in [-0.25, -0.2) is 10.0 Å². The summed E-state index contributed by atoms with van der Waals surface area (Å²) in [5, 5.41) is 71.8. The van der Waals surface area contributed by atoms with E-state index in [-0.39, 0.29) is 34.6 Å². The van der Waals surface area contributed by atoms with Crippen LogP contribution in [0.4, 0.5) is 5.69 Å². The van der Waals surface area contributed by atoms with E-state index < -0.39 is 108 Å². The van der Waals surface area contributed by atoms with E-state index in [1.54, 1.807) is 0 Å². The molecule has 4 bridgehead atoms. The fourth-order valence-electron chi connectivity index (χ4n) is 7.13. The van der Waals surface area contributed by atoms with Gasteiger partial charge in [0.25, 0.3) is 0 Å². The summed E-state index contributed by atoms with van der Waals surface area (Å²) in [5.74, 6) is -6.76. The second-order valence-electron chi connectivity index (χ2n) is 16.2. The first kappa shape index (κ1) is 51.5. The highest BCUT2D eigenvalue weighted by Gasteiger charge is 2.34. The van der Waals surface area contributed by atoms with E-state index >= 15 is 0 Å². The molecule has 20 heteroatoms. The van der Waals surface area contributed by atoms with E-state index in [2.05, 4.69) is 35.1 Å². The Morgan fingerprint density at radius 2 is 1.56 bits per heavy atom. The highest BCUT2D eigenvalue weighted by molar-refractivity contribution is 5.96. The van der Waals surface area contributed by atoms with Crippen LogP contribution in [0.2, 0.25) is 0 Å². The maximum absolute atomic E-state index is 13.9. The minimum absolute atomic E-state index is 0.0130. The molecule has 348 valence electrons. The summed E-state index contributed by atoms with van der Waals surface area (Å²) < 4.78 is 0. The molecule has 0 radical (unpaired) electrons. The Morgan fingerprint density at radius 3 is 2.17 bits per heavy atom. The number of aromatic hydroxyl groups is 2. The molecule has 63 heavy (non-hydrogen) atoms. The number of amides is 6. The molecular formula is C43H63N7O13. The number of benzene rings is 2. The van der Waals surface area contributed by atoms with Gasteiger partial charge < -0.3 is 56.7 Å². The fourth-order valence-corrected chi connectivity index (χ4v) is 7.13. The van der Waals surface area contributed by atoms with Crippen molar-refractivity contribution in [3.63, 3.8) is 0 Å². The van der Waals surface area contributed by atoms with Crippen molar-refractivity contribution in [3.05, 3.63) is 46.7 Å². The first-order chi connectivity index (χ1) is 29.7.